The molecule has 0 saturated heterocycles. The molecule has 1 heterocycles. The van der Waals surface area contributed by atoms with E-state index in [2.05, 4.69) is 10.3 Å². The zero-order valence-corrected chi connectivity index (χ0v) is 10.2. The van der Waals surface area contributed by atoms with Crippen LogP contribution in [0.4, 0.5) is 0 Å². The predicted octanol–water partition coefficient (Wildman–Crippen LogP) is 0.164. The number of hydrogen-bond acceptors (Lipinski definition) is 5. The number of nitrogens with zero attached hydrogens (tertiary/aromatic N) is 1. The summed E-state index contributed by atoms with van der Waals surface area (Å²) in [4.78, 5) is 26.0. The normalized spacial score (nSPS) is 12.3. The topological polar surface area (TPSA) is 118 Å². The van der Waals surface area contributed by atoms with E-state index in [0.717, 1.165) is 11.1 Å². The monoisotopic (exact) mass is 263 g/mol. The van der Waals surface area contributed by atoms with Crippen molar-refractivity contribution in [1.82, 2.24) is 10.3 Å². The van der Waals surface area contributed by atoms with Gasteiger partial charge in [0, 0.05) is 13.5 Å². The van der Waals surface area contributed by atoms with Gasteiger partial charge in [0.1, 0.15) is 5.52 Å². The summed E-state index contributed by atoms with van der Waals surface area (Å²) in [6.07, 6.45) is 0. The van der Waals surface area contributed by atoms with Crippen molar-refractivity contribution in [1.29, 1.82) is 0 Å². The van der Waals surface area contributed by atoms with Gasteiger partial charge in [0.05, 0.1) is 0 Å². The largest absolute Gasteiger partial charge is 0.480 e. The molecule has 0 fully saturated rings. The Morgan fingerprint density at radius 3 is 2.95 bits per heavy atom. The van der Waals surface area contributed by atoms with Crippen LogP contribution in [0.3, 0.4) is 0 Å². The fourth-order valence-electron chi connectivity index (χ4n) is 1.61. The van der Waals surface area contributed by atoms with Crippen molar-refractivity contribution in [2.24, 2.45) is 5.73 Å². The molecule has 100 valence electrons. The molecule has 1 aromatic carbocycles. The van der Waals surface area contributed by atoms with Crippen molar-refractivity contribution in [3.05, 3.63) is 29.7 Å². The van der Waals surface area contributed by atoms with Gasteiger partial charge in [-0.05, 0) is 17.7 Å². The Bertz CT molecular complexity index is 635. The number of oxazole rings is 1. The molecule has 1 aromatic heterocycles. The second kappa shape index (κ2) is 5.07. The highest BCUT2D eigenvalue weighted by atomic mass is 16.4. The molecule has 1 amide bonds. The quantitative estimate of drug-likeness (QED) is 0.676. The first-order valence-corrected chi connectivity index (χ1v) is 5.59. The lowest BCUT2D eigenvalue weighted by Gasteiger charge is -2.08. The van der Waals surface area contributed by atoms with E-state index in [4.69, 9.17) is 15.3 Å². The van der Waals surface area contributed by atoms with Crippen molar-refractivity contribution in [2.75, 3.05) is 0 Å². The fraction of sp³-hybridized carbons (Fsp3) is 0.250. The molecule has 4 N–H and O–H groups in total. The van der Waals surface area contributed by atoms with Crippen LogP contribution in [0.2, 0.25) is 0 Å². The molecule has 2 rings (SSSR count). The Balaban J connectivity index is 2.05. The van der Waals surface area contributed by atoms with Crippen LogP contribution >= 0.6 is 0 Å². The van der Waals surface area contributed by atoms with E-state index in [0.29, 0.717) is 11.5 Å². The zero-order chi connectivity index (χ0) is 14.0. The first-order valence-electron chi connectivity index (χ1n) is 5.59. The van der Waals surface area contributed by atoms with Crippen molar-refractivity contribution in [2.45, 2.75) is 19.5 Å². The molecule has 0 aliphatic heterocycles. The van der Waals surface area contributed by atoms with E-state index in [1.54, 1.807) is 25.1 Å². The van der Waals surface area contributed by atoms with Gasteiger partial charge in [-0.3, -0.25) is 4.79 Å². The number of amides is 1. The first kappa shape index (κ1) is 13.0. The third-order valence-corrected chi connectivity index (χ3v) is 2.58. The van der Waals surface area contributed by atoms with Gasteiger partial charge in [0.25, 0.3) is 0 Å². The molecule has 7 nitrogen and oxygen atoms in total. The molecule has 19 heavy (non-hydrogen) atoms. The van der Waals surface area contributed by atoms with E-state index >= 15 is 0 Å². The number of hydrogen-bond donors (Lipinski definition) is 3. The summed E-state index contributed by atoms with van der Waals surface area (Å²) < 4.78 is 5.36. The molecular formula is C12H13N3O4. The van der Waals surface area contributed by atoms with Gasteiger partial charge in [-0.25, -0.2) is 9.78 Å². The molecule has 0 aliphatic rings. The van der Waals surface area contributed by atoms with E-state index in [-0.39, 0.29) is 6.54 Å². The zero-order valence-electron chi connectivity index (χ0n) is 10.2. The highest BCUT2D eigenvalue weighted by Crippen LogP contribution is 2.16. The van der Waals surface area contributed by atoms with E-state index < -0.39 is 17.9 Å². The van der Waals surface area contributed by atoms with Crippen molar-refractivity contribution in [3.63, 3.8) is 0 Å². The first-order chi connectivity index (χ1) is 8.97. The predicted molar refractivity (Wildman–Crippen MR) is 66.2 cm³/mol. The maximum Gasteiger partial charge on any atom is 0.330 e. The number of nitrogens with two attached hydrogens (primary N) is 1. The summed E-state index contributed by atoms with van der Waals surface area (Å²) >= 11 is 0. The number of carboxylic acid groups (broad SMARTS) is 1. The summed E-state index contributed by atoms with van der Waals surface area (Å²) in [6, 6.07) is 3.72. The van der Waals surface area contributed by atoms with Crippen LogP contribution in [-0.4, -0.2) is 28.0 Å². The lowest BCUT2D eigenvalue weighted by molar-refractivity contribution is -0.142. The summed E-state index contributed by atoms with van der Waals surface area (Å²) in [7, 11) is 0. The standard InChI is InChI=1S/C12H13N3O4/c1-6-15-8-3-2-7(4-9(8)19-6)5-14-11(16)10(13)12(17)18/h2-4,10H,5,13H2,1H3,(H,14,16)(H,17,18). The second-order valence-electron chi connectivity index (χ2n) is 4.07. The third kappa shape index (κ3) is 2.89. The summed E-state index contributed by atoms with van der Waals surface area (Å²) in [5.41, 5.74) is 7.30. The molecule has 0 spiro atoms. The Kier molecular flexibility index (Phi) is 3.48. The van der Waals surface area contributed by atoms with Gasteiger partial charge in [0.2, 0.25) is 5.91 Å². The molecule has 0 bridgehead atoms. The number of rotatable bonds is 4. The average Bonchev–Trinajstić information content (AvgIpc) is 2.74. The number of benzene rings is 1. The number of carboxylic acids is 1. The maximum atomic E-state index is 11.4. The SMILES string of the molecule is Cc1nc2ccc(CNC(=O)C(N)C(=O)O)cc2o1. The van der Waals surface area contributed by atoms with Gasteiger partial charge < -0.3 is 20.6 Å². The minimum Gasteiger partial charge on any atom is -0.480 e. The molecule has 0 saturated carbocycles. The Morgan fingerprint density at radius 2 is 2.26 bits per heavy atom. The van der Waals surface area contributed by atoms with Gasteiger partial charge in [-0.1, -0.05) is 6.07 Å². The summed E-state index contributed by atoms with van der Waals surface area (Å²) in [5, 5.41) is 11.0. The highest BCUT2D eigenvalue weighted by molar-refractivity contribution is 6.00. The number of aliphatic carboxylic acids is 1. The molecule has 0 aliphatic carbocycles. The van der Waals surface area contributed by atoms with E-state index in [1.807, 2.05) is 0 Å². The average molecular weight is 263 g/mol. The van der Waals surface area contributed by atoms with Crippen molar-refractivity contribution in [3.8, 4) is 0 Å². The van der Waals surface area contributed by atoms with Crippen LogP contribution in [0, 0.1) is 6.92 Å². The number of carbonyl (C=O) groups excluding carboxylic acids is 1. The van der Waals surface area contributed by atoms with Gasteiger partial charge in [-0.2, -0.15) is 0 Å². The lowest BCUT2D eigenvalue weighted by Crippen LogP contribution is -2.45. The maximum absolute atomic E-state index is 11.4. The lowest BCUT2D eigenvalue weighted by atomic mass is 10.2. The molecule has 7 heteroatoms. The van der Waals surface area contributed by atoms with Crippen LogP contribution < -0.4 is 11.1 Å². The Morgan fingerprint density at radius 1 is 1.53 bits per heavy atom. The van der Waals surface area contributed by atoms with Gasteiger partial charge in [0.15, 0.2) is 17.5 Å². The van der Waals surface area contributed by atoms with Crippen LogP contribution in [0.25, 0.3) is 11.1 Å². The van der Waals surface area contributed by atoms with Crippen LogP contribution in [0.1, 0.15) is 11.5 Å². The fourth-order valence-corrected chi connectivity index (χ4v) is 1.61. The van der Waals surface area contributed by atoms with E-state index in [9.17, 15) is 9.59 Å². The number of aromatic nitrogens is 1. The number of carbonyl (C=O) groups is 2. The summed E-state index contributed by atoms with van der Waals surface area (Å²) in [5.74, 6) is -1.54. The number of nitrogens with one attached hydrogen (secondary N) is 1. The molecule has 1 unspecified atom stereocenters. The molecule has 1 atom stereocenters. The molecular weight excluding hydrogens is 250 g/mol. The second-order valence-corrected chi connectivity index (χ2v) is 4.07. The number of fused-ring (bicyclic) bond motifs is 1. The van der Waals surface area contributed by atoms with Crippen molar-refractivity contribution >= 4 is 23.0 Å². The smallest absolute Gasteiger partial charge is 0.330 e. The molecule has 0 radical (unpaired) electrons. The highest BCUT2D eigenvalue weighted by Gasteiger charge is 2.20. The van der Waals surface area contributed by atoms with Crippen LogP contribution in [0.5, 0.6) is 0 Å². The van der Waals surface area contributed by atoms with E-state index in [1.165, 1.54) is 0 Å². The third-order valence-electron chi connectivity index (χ3n) is 2.58. The van der Waals surface area contributed by atoms with Crippen LogP contribution in [-0.2, 0) is 16.1 Å². The number of aryl methyl sites for hydroxylation is 1. The van der Waals surface area contributed by atoms with Crippen LogP contribution in [0.15, 0.2) is 22.6 Å². The van der Waals surface area contributed by atoms with Gasteiger partial charge in [-0.15, -0.1) is 0 Å². The minimum absolute atomic E-state index is 0.176. The summed E-state index contributed by atoms with van der Waals surface area (Å²) in [6.45, 7) is 1.92. The Labute approximate surface area is 108 Å². The molecule has 2 aromatic rings. The minimum atomic E-state index is -1.56. The Hall–Kier alpha value is -2.41. The van der Waals surface area contributed by atoms with Gasteiger partial charge >= 0.3 is 5.97 Å². The van der Waals surface area contributed by atoms with Crippen molar-refractivity contribution < 1.29 is 19.1 Å².